The van der Waals surface area contributed by atoms with Gasteiger partial charge in [0.05, 0.1) is 0 Å². The highest BCUT2D eigenvalue weighted by Crippen LogP contribution is 2.26. The second-order valence-electron chi connectivity index (χ2n) is 8.78. The van der Waals surface area contributed by atoms with E-state index in [1.165, 1.54) is 12.8 Å². The summed E-state index contributed by atoms with van der Waals surface area (Å²) >= 11 is 0. The zero-order chi connectivity index (χ0) is 21.5. The van der Waals surface area contributed by atoms with Crippen molar-refractivity contribution in [1.82, 2.24) is 25.0 Å². The van der Waals surface area contributed by atoms with E-state index < -0.39 is 0 Å². The fraction of sp³-hybridized carbons (Fsp3) is 0.696. The highest BCUT2D eigenvalue weighted by Gasteiger charge is 2.29. The average Bonchev–Trinajstić information content (AvgIpc) is 3.38. The van der Waals surface area contributed by atoms with Crippen LogP contribution in [-0.2, 0) is 4.79 Å². The molecule has 3 fully saturated rings. The zero-order valence-electron chi connectivity index (χ0n) is 18.9. The van der Waals surface area contributed by atoms with Gasteiger partial charge in [-0.2, -0.15) is 0 Å². The molecule has 2 saturated heterocycles. The van der Waals surface area contributed by atoms with Gasteiger partial charge in [0.2, 0.25) is 5.91 Å². The topological polar surface area (TPSA) is 67.3 Å². The second kappa shape index (κ2) is 10.8. The molecular weight excluding hydrogens is 390 g/mol. The van der Waals surface area contributed by atoms with Crippen LogP contribution in [0.15, 0.2) is 29.4 Å². The Balaban J connectivity index is 1.15. The smallest absolute Gasteiger partial charge is 0.225 e. The molecule has 1 N–H and O–H groups in total. The lowest BCUT2D eigenvalue weighted by Gasteiger charge is -2.38. The first-order valence-corrected chi connectivity index (χ1v) is 11.9. The maximum absolute atomic E-state index is 12.6. The van der Waals surface area contributed by atoms with E-state index in [9.17, 15) is 4.79 Å². The number of piperazine rings is 2. The zero-order valence-corrected chi connectivity index (χ0v) is 18.9. The van der Waals surface area contributed by atoms with E-state index in [0.29, 0.717) is 11.8 Å². The van der Waals surface area contributed by atoms with Gasteiger partial charge in [-0.25, -0.2) is 4.98 Å². The number of nitrogens with zero attached hydrogens (tertiary/aromatic N) is 6. The lowest BCUT2D eigenvalue weighted by molar-refractivity contribution is -0.137. The van der Waals surface area contributed by atoms with E-state index in [4.69, 9.17) is 0 Å². The number of rotatable bonds is 5. The highest BCUT2D eigenvalue weighted by molar-refractivity contribution is 5.80. The summed E-state index contributed by atoms with van der Waals surface area (Å²) in [6, 6.07) is 6.07. The van der Waals surface area contributed by atoms with Crippen LogP contribution in [0.1, 0.15) is 25.7 Å². The van der Waals surface area contributed by atoms with Crippen molar-refractivity contribution in [3.05, 3.63) is 24.4 Å². The number of aromatic nitrogens is 1. The molecular formula is C23H37N7O. The van der Waals surface area contributed by atoms with E-state index in [1.807, 2.05) is 25.4 Å². The molecule has 1 aromatic rings. The molecule has 0 spiro atoms. The molecule has 170 valence electrons. The number of hydrogen-bond donors (Lipinski definition) is 1. The van der Waals surface area contributed by atoms with Crippen LogP contribution in [0.5, 0.6) is 0 Å². The van der Waals surface area contributed by atoms with E-state index in [1.54, 1.807) is 0 Å². The maximum Gasteiger partial charge on any atom is 0.225 e. The molecule has 1 saturated carbocycles. The van der Waals surface area contributed by atoms with E-state index in [2.05, 4.69) is 41.0 Å². The summed E-state index contributed by atoms with van der Waals surface area (Å²) in [5, 5.41) is 3.54. The predicted molar refractivity (Wildman–Crippen MR) is 124 cm³/mol. The quantitative estimate of drug-likeness (QED) is 0.561. The number of anilines is 1. The van der Waals surface area contributed by atoms with Crippen molar-refractivity contribution in [3.63, 3.8) is 0 Å². The highest BCUT2D eigenvalue weighted by atomic mass is 16.2. The van der Waals surface area contributed by atoms with Crippen molar-refractivity contribution >= 4 is 17.7 Å². The summed E-state index contributed by atoms with van der Waals surface area (Å²) < 4.78 is 0. The summed E-state index contributed by atoms with van der Waals surface area (Å²) in [6.45, 7) is 9.35. The first kappa shape index (κ1) is 21.9. The molecule has 0 unspecified atom stereocenters. The standard InChI is InChI=1S/C23H37N7O/c1-24-23(30-18-16-28(17-19-30)21-8-4-5-9-25-21)26-10-11-27-12-14-29(15-13-27)22(31)20-6-2-3-7-20/h4-5,8-9,20H,2-3,6-7,10-19H2,1H3,(H,24,26). The molecule has 1 aromatic heterocycles. The summed E-state index contributed by atoms with van der Waals surface area (Å²) in [5.41, 5.74) is 0. The third-order valence-electron chi connectivity index (χ3n) is 6.86. The van der Waals surface area contributed by atoms with Crippen LogP contribution in [-0.4, -0.2) is 104 Å². The van der Waals surface area contributed by atoms with Gasteiger partial charge in [-0.15, -0.1) is 0 Å². The number of guanidine groups is 1. The van der Waals surface area contributed by atoms with Crippen molar-refractivity contribution in [1.29, 1.82) is 0 Å². The van der Waals surface area contributed by atoms with E-state index in [-0.39, 0.29) is 0 Å². The van der Waals surface area contributed by atoms with Crippen LogP contribution in [0.2, 0.25) is 0 Å². The minimum atomic E-state index is 0.301. The van der Waals surface area contributed by atoms with Gasteiger partial charge in [-0.1, -0.05) is 18.9 Å². The van der Waals surface area contributed by atoms with Gasteiger partial charge < -0.3 is 20.0 Å². The molecule has 3 heterocycles. The Labute approximate surface area is 186 Å². The second-order valence-corrected chi connectivity index (χ2v) is 8.78. The van der Waals surface area contributed by atoms with Gasteiger partial charge in [-0.3, -0.25) is 14.7 Å². The first-order chi connectivity index (χ1) is 15.2. The third kappa shape index (κ3) is 5.67. The third-order valence-corrected chi connectivity index (χ3v) is 6.86. The van der Waals surface area contributed by atoms with Gasteiger partial charge >= 0.3 is 0 Å². The number of aliphatic imine (C=N–C) groups is 1. The number of nitrogens with one attached hydrogen (secondary N) is 1. The number of amides is 1. The molecule has 0 bridgehead atoms. The van der Waals surface area contributed by atoms with Crippen molar-refractivity contribution in [2.75, 3.05) is 77.4 Å². The summed E-state index contributed by atoms with van der Waals surface area (Å²) in [5.74, 6) is 2.74. The van der Waals surface area contributed by atoms with Crippen molar-refractivity contribution in [2.45, 2.75) is 25.7 Å². The maximum atomic E-state index is 12.6. The van der Waals surface area contributed by atoms with Crippen LogP contribution in [0, 0.1) is 5.92 Å². The van der Waals surface area contributed by atoms with Crippen LogP contribution in [0.4, 0.5) is 5.82 Å². The monoisotopic (exact) mass is 427 g/mol. The number of hydrogen-bond acceptors (Lipinski definition) is 5. The van der Waals surface area contributed by atoms with Crippen LogP contribution < -0.4 is 10.2 Å². The molecule has 1 amide bonds. The number of pyridine rings is 1. The Morgan fingerprint density at radius 2 is 1.74 bits per heavy atom. The molecule has 0 aromatic carbocycles. The molecule has 4 rings (SSSR count). The van der Waals surface area contributed by atoms with Gasteiger partial charge in [-0.05, 0) is 25.0 Å². The Kier molecular flexibility index (Phi) is 7.61. The average molecular weight is 428 g/mol. The Bertz CT molecular complexity index is 719. The van der Waals surface area contributed by atoms with Gasteiger partial charge in [0.15, 0.2) is 5.96 Å². The van der Waals surface area contributed by atoms with Gasteiger partial charge in [0, 0.05) is 84.6 Å². The van der Waals surface area contributed by atoms with Crippen LogP contribution >= 0.6 is 0 Å². The van der Waals surface area contributed by atoms with Crippen molar-refractivity contribution in [3.8, 4) is 0 Å². The lowest BCUT2D eigenvalue weighted by Crippen LogP contribution is -2.54. The minimum absolute atomic E-state index is 0.301. The van der Waals surface area contributed by atoms with E-state index >= 15 is 0 Å². The molecule has 8 nitrogen and oxygen atoms in total. The van der Waals surface area contributed by atoms with Crippen LogP contribution in [0.25, 0.3) is 0 Å². The molecule has 3 aliphatic rings. The molecule has 1 aliphatic carbocycles. The predicted octanol–water partition coefficient (Wildman–Crippen LogP) is 1.11. The SMILES string of the molecule is CN=C(NCCN1CCN(C(=O)C2CCCC2)CC1)N1CCN(c2ccccn2)CC1. The molecule has 0 atom stereocenters. The van der Waals surface area contributed by atoms with Gasteiger partial charge in [0.25, 0.3) is 0 Å². The summed E-state index contributed by atoms with van der Waals surface area (Å²) in [4.78, 5) is 30.8. The minimum Gasteiger partial charge on any atom is -0.355 e. The Morgan fingerprint density at radius 1 is 1.03 bits per heavy atom. The van der Waals surface area contributed by atoms with Crippen LogP contribution in [0.3, 0.4) is 0 Å². The lowest BCUT2D eigenvalue weighted by atomic mass is 10.1. The normalized spacial score (nSPS) is 21.6. The molecule has 0 radical (unpaired) electrons. The van der Waals surface area contributed by atoms with Crippen molar-refractivity contribution in [2.24, 2.45) is 10.9 Å². The first-order valence-electron chi connectivity index (χ1n) is 11.9. The molecule has 2 aliphatic heterocycles. The molecule has 8 heteroatoms. The number of carbonyl (C=O) groups excluding carboxylic acids is 1. The summed E-state index contributed by atoms with van der Waals surface area (Å²) in [7, 11) is 1.86. The van der Waals surface area contributed by atoms with Gasteiger partial charge in [0.1, 0.15) is 5.82 Å². The number of carbonyl (C=O) groups is 1. The Hall–Kier alpha value is -2.35. The fourth-order valence-electron chi connectivity index (χ4n) is 4.97. The summed E-state index contributed by atoms with van der Waals surface area (Å²) in [6.07, 6.45) is 6.49. The molecule has 31 heavy (non-hydrogen) atoms. The fourth-order valence-corrected chi connectivity index (χ4v) is 4.97. The van der Waals surface area contributed by atoms with Crippen molar-refractivity contribution < 1.29 is 4.79 Å². The van der Waals surface area contributed by atoms with E-state index in [0.717, 1.165) is 90.1 Å². The Morgan fingerprint density at radius 3 is 2.39 bits per heavy atom. The largest absolute Gasteiger partial charge is 0.355 e.